The summed E-state index contributed by atoms with van der Waals surface area (Å²) < 4.78 is 32.0. The van der Waals surface area contributed by atoms with E-state index in [0.717, 1.165) is 28.9 Å². The first kappa shape index (κ1) is 23.1. The van der Waals surface area contributed by atoms with Crippen molar-refractivity contribution in [1.29, 1.82) is 0 Å². The Morgan fingerprint density at radius 3 is 2.55 bits per heavy atom. The fraction of sp³-hybridized carbons (Fsp3) is 0.435. The molecule has 2 N–H and O–H groups in total. The largest absolute Gasteiger partial charge is 0.497 e. The summed E-state index contributed by atoms with van der Waals surface area (Å²) in [6, 6.07) is 15.2. The minimum atomic E-state index is -3.39. The van der Waals surface area contributed by atoms with E-state index in [4.69, 9.17) is 4.74 Å². The number of carbonyl (C=O) groups is 1. The molecule has 1 fully saturated rings. The van der Waals surface area contributed by atoms with Crippen LogP contribution >= 0.6 is 0 Å². The van der Waals surface area contributed by atoms with Gasteiger partial charge in [-0.1, -0.05) is 36.4 Å². The minimum Gasteiger partial charge on any atom is -0.497 e. The number of piperidine rings is 1. The van der Waals surface area contributed by atoms with Gasteiger partial charge in [-0.05, 0) is 55.0 Å². The van der Waals surface area contributed by atoms with Gasteiger partial charge in [0.05, 0.1) is 19.4 Å². The fourth-order valence-corrected chi connectivity index (χ4v) is 4.97. The Morgan fingerprint density at radius 2 is 1.87 bits per heavy atom. The van der Waals surface area contributed by atoms with E-state index < -0.39 is 10.0 Å². The molecular weight excluding hydrogens is 414 g/mol. The van der Waals surface area contributed by atoms with Crippen LogP contribution in [0.25, 0.3) is 11.1 Å². The Labute approximate surface area is 184 Å². The summed E-state index contributed by atoms with van der Waals surface area (Å²) in [6.45, 7) is 3.01. The van der Waals surface area contributed by atoms with Crippen LogP contribution < -0.4 is 14.8 Å². The number of ether oxygens (including phenoxy) is 1. The highest BCUT2D eigenvalue weighted by molar-refractivity contribution is 7.88. The lowest BCUT2D eigenvalue weighted by atomic mass is 9.90. The van der Waals surface area contributed by atoms with Crippen molar-refractivity contribution < 1.29 is 17.9 Å². The lowest BCUT2D eigenvalue weighted by Crippen LogP contribution is -2.59. The molecule has 0 spiro atoms. The maximum absolute atomic E-state index is 12.7. The lowest BCUT2D eigenvalue weighted by Gasteiger charge is -2.41. The van der Waals surface area contributed by atoms with E-state index in [-0.39, 0.29) is 18.1 Å². The molecular formula is C23H31N3O4S. The Kier molecular flexibility index (Phi) is 7.56. The molecule has 2 amide bonds. The number of likely N-dealkylation sites (tertiary alicyclic amines) is 1. The van der Waals surface area contributed by atoms with Crippen molar-refractivity contribution in [2.45, 2.75) is 38.3 Å². The molecule has 2 atom stereocenters. The topological polar surface area (TPSA) is 87.7 Å². The number of hydrogen-bond donors (Lipinski definition) is 2. The van der Waals surface area contributed by atoms with Crippen LogP contribution in [0.2, 0.25) is 0 Å². The molecule has 2 aromatic carbocycles. The van der Waals surface area contributed by atoms with Gasteiger partial charge in [0, 0.05) is 19.1 Å². The van der Waals surface area contributed by atoms with E-state index in [2.05, 4.69) is 16.1 Å². The van der Waals surface area contributed by atoms with Crippen LogP contribution in [0.4, 0.5) is 4.79 Å². The van der Waals surface area contributed by atoms with Crippen molar-refractivity contribution in [1.82, 2.24) is 14.9 Å². The maximum Gasteiger partial charge on any atom is 0.317 e. The van der Waals surface area contributed by atoms with Crippen LogP contribution in [0.3, 0.4) is 0 Å². The monoisotopic (exact) mass is 445 g/mol. The Morgan fingerprint density at radius 1 is 1.16 bits per heavy atom. The predicted molar refractivity (Wildman–Crippen MR) is 123 cm³/mol. The minimum absolute atomic E-state index is 0.156. The van der Waals surface area contributed by atoms with E-state index in [1.54, 1.807) is 12.0 Å². The smallest absolute Gasteiger partial charge is 0.317 e. The van der Waals surface area contributed by atoms with E-state index in [1.807, 2.05) is 49.4 Å². The quantitative estimate of drug-likeness (QED) is 0.686. The highest BCUT2D eigenvalue weighted by atomic mass is 32.2. The molecule has 0 unspecified atom stereocenters. The summed E-state index contributed by atoms with van der Waals surface area (Å²) >= 11 is 0. The molecule has 0 bridgehead atoms. The molecule has 31 heavy (non-hydrogen) atoms. The molecule has 0 saturated carbocycles. The second-order valence-corrected chi connectivity index (χ2v) is 9.65. The zero-order valence-corrected chi connectivity index (χ0v) is 19.1. The number of nitrogens with one attached hydrogen (secondary N) is 2. The van der Waals surface area contributed by atoms with Crippen LogP contribution in [-0.2, 0) is 16.4 Å². The first-order valence-electron chi connectivity index (χ1n) is 10.6. The van der Waals surface area contributed by atoms with E-state index in [1.165, 1.54) is 6.26 Å². The highest BCUT2D eigenvalue weighted by Gasteiger charge is 2.35. The van der Waals surface area contributed by atoms with Gasteiger partial charge in [0.1, 0.15) is 5.75 Å². The zero-order valence-electron chi connectivity index (χ0n) is 18.3. The van der Waals surface area contributed by atoms with Crippen molar-refractivity contribution in [3.63, 3.8) is 0 Å². The van der Waals surface area contributed by atoms with Gasteiger partial charge in [0.25, 0.3) is 0 Å². The summed E-state index contributed by atoms with van der Waals surface area (Å²) in [7, 11) is -1.75. The Bertz CT molecular complexity index is 1010. The third-order valence-corrected chi connectivity index (χ3v) is 6.24. The summed E-state index contributed by atoms with van der Waals surface area (Å²) in [5.74, 6) is 0.787. The predicted octanol–water partition coefficient (Wildman–Crippen LogP) is 3.02. The molecule has 2 aromatic rings. The van der Waals surface area contributed by atoms with Crippen LogP contribution in [0, 0.1) is 0 Å². The van der Waals surface area contributed by atoms with Crippen molar-refractivity contribution in [3.05, 3.63) is 54.1 Å². The number of benzene rings is 2. The van der Waals surface area contributed by atoms with Crippen molar-refractivity contribution in [2.75, 3.05) is 26.5 Å². The molecule has 168 valence electrons. The summed E-state index contributed by atoms with van der Waals surface area (Å²) in [5.41, 5.74) is 3.13. The van der Waals surface area contributed by atoms with E-state index in [9.17, 15) is 13.2 Å². The summed E-state index contributed by atoms with van der Waals surface area (Å²) in [6.07, 6.45) is 3.18. The molecule has 1 aliphatic rings. The highest BCUT2D eigenvalue weighted by Crippen LogP contribution is 2.27. The number of carbonyl (C=O) groups excluding carboxylic acids is 1. The van der Waals surface area contributed by atoms with Gasteiger partial charge in [-0.15, -0.1) is 0 Å². The maximum atomic E-state index is 12.7. The Balaban J connectivity index is 1.90. The standard InChI is InChI=1S/C23H31N3O4S/c1-4-24-23(27)26-13-7-12-21(25-31(3,28)29)22(26)15-17-8-5-9-18(14-17)19-10-6-11-20(16-19)30-2/h5-6,8-11,14,16,21-22,25H,4,7,12-13,15H2,1-3H3,(H,24,27)/t21-,22-/m0/s1. The van der Waals surface area contributed by atoms with E-state index in [0.29, 0.717) is 25.9 Å². The lowest BCUT2D eigenvalue weighted by molar-refractivity contribution is 0.134. The third kappa shape index (κ3) is 6.21. The van der Waals surface area contributed by atoms with Crippen molar-refractivity contribution >= 4 is 16.1 Å². The average Bonchev–Trinajstić information content (AvgIpc) is 2.74. The molecule has 1 aliphatic heterocycles. The molecule has 0 aliphatic carbocycles. The molecule has 1 heterocycles. The molecule has 0 aromatic heterocycles. The Hall–Kier alpha value is -2.58. The second kappa shape index (κ2) is 10.2. The number of sulfonamides is 1. The second-order valence-electron chi connectivity index (χ2n) is 7.87. The van der Waals surface area contributed by atoms with Crippen LogP contribution in [0.15, 0.2) is 48.5 Å². The van der Waals surface area contributed by atoms with Gasteiger partial charge in [-0.2, -0.15) is 0 Å². The van der Waals surface area contributed by atoms with Gasteiger partial charge in [0.2, 0.25) is 10.0 Å². The molecule has 3 rings (SSSR count). The number of rotatable bonds is 7. The third-order valence-electron chi connectivity index (χ3n) is 5.51. The van der Waals surface area contributed by atoms with Crippen LogP contribution in [-0.4, -0.2) is 57.9 Å². The number of hydrogen-bond acceptors (Lipinski definition) is 4. The fourth-order valence-electron chi connectivity index (χ4n) is 4.15. The molecule has 1 saturated heterocycles. The first-order valence-corrected chi connectivity index (χ1v) is 12.4. The van der Waals surface area contributed by atoms with Crippen molar-refractivity contribution in [3.8, 4) is 16.9 Å². The summed E-state index contributed by atoms with van der Waals surface area (Å²) in [5, 5.41) is 2.86. The molecule has 0 radical (unpaired) electrons. The van der Waals surface area contributed by atoms with Crippen LogP contribution in [0.5, 0.6) is 5.75 Å². The molecule has 8 heteroatoms. The van der Waals surface area contributed by atoms with Gasteiger partial charge >= 0.3 is 6.03 Å². The first-order chi connectivity index (χ1) is 14.8. The number of methoxy groups -OCH3 is 1. The number of nitrogens with zero attached hydrogens (tertiary/aromatic N) is 1. The van der Waals surface area contributed by atoms with Gasteiger partial charge in [-0.25, -0.2) is 17.9 Å². The normalized spacial score (nSPS) is 19.1. The van der Waals surface area contributed by atoms with Gasteiger partial charge in [0.15, 0.2) is 0 Å². The SMILES string of the molecule is CCNC(=O)N1CCC[C@H](NS(C)(=O)=O)[C@@H]1Cc1cccc(-c2cccc(OC)c2)c1. The number of amides is 2. The zero-order chi connectivity index (χ0) is 22.4. The number of urea groups is 1. The van der Waals surface area contributed by atoms with Gasteiger partial charge in [-0.3, -0.25) is 0 Å². The average molecular weight is 446 g/mol. The van der Waals surface area contributed by atoms with Crippen LogP contribution in [0.1, 0.15) is 25.3 Å². The van der Waals surface area contributed by atoms with Crippen molar-refractivity contribution in [2.24, 2.45) is 0 Å². The summed E-state index contributed by atoms with van der Waals surface area (Å²) in [4.78, 5) is 14.5. The van der Waals surface area contributed by atoms with Gasteiger partial charge < -0.3 is 15.0 Å². The van der Waals surface area contributed by atoms with E-state index >= 15 is 0 Å². The molecule has 7 nitrogen and oxygen atoms in total.